The van der Waals surface area contributed by atoms with E-state index < -0.39 is 0 Å². The second-order valence-corrected chi connectivity index (χ2v) is 7.34. The molecule has 116 valence electrons. The van der Waals surface area contributed by atoms with Crippen LogP contribution in [0.4, 0.5) is 0 Å². The molecule has 1 saturated carbocycles. The Kier molecular flexibility index (Phi) is 4.68. The SMILES string of the molecule is CCC1CN(CC2CCC3(CCCCC3)O2)C(C)CN1. The van der Waals surface area contributed by atoms with Crippen LogP contribution in [0.2, 0.25) is 0 Å². The average molecular weight is 280 g/mol. The molecule has 0 bridgehead atoms. The van der Waals surface area contributed by atoms with Gasteiger partial charge in [0.15, 0.2) is 0 Å². The second kappa shape index (κ2) is 6.33. The molecule has 3 nitrogen and oxygen atoms in total. The topological polar surface area (TPSA) is 24.5 Å². The van der Waals surface area contributed by atoms with Crippen molar-refractivity contribution in [3.63, 3.8) is 0 Å². The summed E-state index contributed by atoms with van der Waals surface area (Å²) in [7, 11) is 0. The van der Waals surface area contributed by atoms with Crippen LogP contribution in [0.1, 0.15) is 65.2 Å². The molecule has 2 heterocycles. The van der Waals surface area contributed by atoms with Crippen molar-refractivity contribution < 1.29 is 4.74 Å². The van der Waals surface area contributed by atoms with Crippen molar-refractivity contribution >= 4 is 0 Å². The van der Waals surface area contributed by atoms with Crippen LogP contribution in [-0.2, 0) is 4.74 Å². The van der Waals surface area contributed by atoms with Gasteiger partial charge in [0.25, 0.3) is 0 Å². The molecule has 3 aliphatic rings. The molecule has 3 atom stereocenters. The molecule has 1 N–H and O–H groups in total. The van der Waals surface area contributed by atoms with Crippen molar-refractivity contribution in [1.82, 2.24) is 10.2 Å². The highest BCUT2D eigenvalue weighted by molar-refractivity contribution is 4.93. The summed E-state index contributed by atoms with van der Waals surface area (Å²) >= 11 is 0. The first-order valence-electron chi connectivity index (χ1n) is 8.86. The molecule has 1 spiro atoms. The molecular weight excluding hydrogens is 248 g/mol. The number of ether oxygens (including phenoxy) is 1. The molecule has 0 radical (unpaired) electrons. The third-order valence-electron chi connectivity index (χ3n) is 5.81. The minimum atomic E-state index is 0.282. The molecule has 0 amide bonds. The lowest BCUT2D eigenvalue weighted by atomic mass is 9.83. The van der Waals surface area contributed by atoms with Gasteiger partial charge in [-0.3, -0.25) is 4.90 Å². The Hall–Kier alpha value is -0.120. The van der Waals surface area contributed by atoms with E-state index in [2.05, 4.69) is 24.1 Å². The summed E-state index contributed by atoms with van der Waals surface area (Å²) in [4.78, 5) is 2.66. The van der Waals surface area contributed by atoms with Gasteiger partial charge in [-0.05, 0) is 39.0 Å². The Bertz CT molecular complexity index is 314. The summed E-state index contributed by atoms with van der Waals surface area (Å²) in [5.41, 5.74) is 0.282. The molecular formula is C17H32N2O. The maximum atomic E-state index is 6.55. The lowest BCUT2D eigenvalue weighted by Gasteiger charge is -2.40. The van der Waals surface area contributed by atoms with E-state index in [1.807, 2.05) is 0 Å². The van der Waals surface area contributed by atoms with Gasteiger partial charge < -0.3 is 10.1 Å². The lowest BCUT2D eigenvalue weighted by Crippen LogP contribution is -2.56. The molecule has 3 heteroatoms. The van der Waals surface area contributed by atoms with E-state index in [-0.39, 0.29) is 5.60 Å². The molecule has 2 aliphatic heterocycles. The minimum absolute atomic E-state index is 0.282. The first kappa shape index (κ1) is 14.8. The predicted octanol–water partition coefficient (Wildman–Crippen LogP) is 2.94. The fourth-order valence-corrected chi connectivity index (χ4v) is 4.37. The van der Waals surface area contributed by atoms with Crippen LogP contribution < -0.4 is 5.32 Å². The summed E-state index contributed by atoms with van der Waals surface area (Å²) in [6.07, 6.45) is 11.1. The summed E-state index contributed by atoms with van der Waals surface area (Å²) in [5.74, 6) is 0. The van der Waals surface area contributed by atoms with Crippen molar-refractivity contribution in [3.05, 3.63) is 0 Å². The maximum absolute atomic E-state index is 6.55. The standard InChI is InChI=1S/C17H32N2O/c1-3-15-12-19(14(2)11-18-15)13-16-7-10-17(20-16)8-5-4-6-9-17/h14-16,18H,3-13H2,1-2H3. The van der Waals surface area contributed by atoms with Gasteiger partial charge in [-0.25, -0.2) is 0 Å². The zero-order valence-electron chi connectivity index (χ0n) is 13.4. The number of piperazine rings is 1. The Balaban J connectivity index is 1.53. The van der Waals surface area contributed by atoms with Crippen LogP contribution in [0.15, 0.2) is 0 Å². The Morgan fingerprint density at radius 1 is 1.20 bits per heavy atom. The van der Waals surface area contributed by atoms with Gasteiger partial charge in [-0.2, -0.15) is 0 Å². The van der Waals surface area contributed by atoms with E-state index in [9.17, 15) is 0 Å². The Morgan fingerprint density at radius 3 is 2.75 bits per heavy atom. The number of nitrogens with zero attached hydrogens (tertiary/aromatic N) is 1. The van der Waals surface area contributed by atoms with Crippen LogP contribution in [0.25, 0.3) is 0 Å². The van der Waals surface area contributed by atoms with Crippen molar-refractivity contribution in [2.45, 2.75) is 89.0 Å². The monoisotopic (exact) mass is 280 g/mol. The zero-order chi connectivity index (χ0) is 14.0. The number of hydrogen-bond donors (Lipinski definition) is 1. The fourth-order valence-electron chi connectivity index (χ4n) is 4.37. The first-order valence-corrected chi connectivity index (χ1v) is 8.86. The van der Waals surface area contributed by atoms with E-state index >= 15 is 0 Å². The van der Waals surface area contributed by atoms with E-state index in [1.54, 1.807) is 0 Å². The molecule has 0 aromatic heterocycles. The Labute approximate surface area is 124 Å². The number of hydrogen-bond acceptors (Lipinski definition) is 3. The summed E-state index contributed by atoms with van der Waals surface area (Å²) in [5, 5.41) is 3.65. The van der Waals surface area contributed by atoms with Gasteiger partial charge in [0.05, 0.1) is 11.7 Å². The van der Waals surface area contributed by atoms with Gasteiger partial charge in [0.2, 0.25) is 0 Å². The van der Waals surface area contributed by atoms with Crippen LogP contribution in [0, 0.1) is 0 Å². The second-order valence-electron chi connectivity index (χ2n) is 7.34. The zero-order valence-corrected chi connectivity index (χ0v) is 13.4. The normalized spacial score (nSPS) is 38.4. The van der Waals surface area contributed by atoms with Crippen LogP contribution in [0.5, 0.6) is 0 Å². The smallest absolute Gasteiger partial charge is 0.0710 e. The lowest BCUT2D eigenvalue weighted by molar-refractivity contribution is -0.0766. The highest BCUT2D eigenvalue weighted by atomic mass is 16.5. The van der Waals surface area contributed by atoms with E-state index in [4.69, 9.17) is 4.74 Å². The van der Waals surface area contributed by atoms with Crippen molar-refractivity contribution in [1.29, 1.82) is 0 Å². The average Bonchev–Trinajstić information content (AvgIpc) is 2.84. The first-order chi connectivity index (χ1) is 9.71. The molecule has 2 saturated heterocycles. The molecule has 3 unspecified atom stereocenters. The molecule has 1 aliphatic carbocycles. The predicted molar refractivity (Wildman–Crippen MR) is 83.0 cm³/mol. The maximum Gasteiger partial charge on any atom is 0.0710 e. The van der Waals surface area contributed by atoms with Crippen LogP contribution >= 0.6 is 0 Å². The fraction of sp³-hybridized carbons (Fsp3) is 1.00. The molecule has 20 heavy (non-hydrogen) atoms. The number of nitrogens with one attached hydrogen (secondary N) is 1. The Morgan fingerprint density at radius 2 is 2.00 bits per heavy atom. The molecule has 3 rings (SSSR count). The summed E-state index contributed by atoms with van der Waals surface area (Å²) < 4.78 is 6.55. The van der Waals surface area contributed by atoms with Gasteiger partial charge in [0, 0.05) is 31.7 Å². The van der Waals surface area contributed by atoms with Gasteiger partial charge in [-0.1, -0.05) is 26.2 Å². The highest BCUT2D eigenvalue weighted by Crippen LogP contribution is 2.42. The summed E-state index contributed by atoms with van der Waals surface area (Å²) in [6.45, 7) is 8.13. The van der Waals surface area contributed by atoms with E-state index in [1.165, 1.54) is 57.9 Å². The van der Waals surface area contributed by atoms with Crippen molar-refractivity contribution in [2.75, 3.05) is 19.6 Å². The van der Waals surface area contributed by atoms with Crippen molar-refractivity contribution in [2.24, 2.45) is 0 Å². The van der Waals surface area contributed by atoms with Gasteiger partial charge >= 0.3 is 0 Å². The number of rotatable bonds is 3. The van der Waals surface area contributed by atoms with Gasteiger partial charge in [0.1, 0.15) is 0 Å². The van der Waals surface area contributed by atoms with Crippen molar-refractivity contribution in [3.8, 4) is 0 Å². The van der Waals surface area contributed by atoms with Gasteiger partial charge in [-0.15, -0.1) is 0 Å². The van der Waals surface area contributed by atoms with E-state index in [0.717, 1.165) is 13.1 Å². The quantitative estimate of drug-likeness (QED) is 0.860. The molecule has 0 aromatic rings. The third-order valence-corrected chi connectivity index (χ3v) is 5.81. The summed E-state index contributed by atoms with van der Waals surface area (Å²) in [6, 6.07) is 1.33. The minimum Gasteiger partial charge on any atom is -0.370 e. The van der Waals surface area contributed by atoms with E-state index in [0.29, 0.717) is 18.2 Å². The molecule has 3 fully saturated rings. The largest absolute Gasteiger partial charge is 0.370 e. The third kappa shape index (κ3) is 3.20. The van der Waals surface area contributed by atoms with Crippen LogP contribution in [-0.4, -0.2) is 48.3 Å². The van der Waals surface area contributed by atoms with Crippen LogP contribution in [0.3, 0.4) is 0 Å². The molecule has 0 aromatic carbocycles. The highest BCUT2D eigenvalue weighted by Gasteiger charge is 2.41.